The number of hydrogen-bond acceptors (Lipinski definition) is 8. The zero-order valence-electron chi connectivity index (χ0n) is 19.8. The van der Waals surface area contributed by atoms with Gasteiger partial charge in [-0.1, -0.05) is 24.3 Å². The second kappa shape index (κ2) is 11.7. The molecular weight excluding hydrogens is 482 g/mol. The molecule has 2 saturated heterocycles. The molecule has 0 aromatic heterocycles. The van der Waals surface area contributed by atoms with Crippen LogP contribution < -0.4 is 9.47 Å². The number of morpholine rings is 1. The first-order valence-corrected chi connectivity index (χ1v) is 12.3. The summed E-state index contributed by atoms with van der Waals surface area (Å²) in [6.45, 7) is 4.23. The molecule has 4 rings (SSSR count). The molecule has 0 atom stereocenters. The molecular formula is C26H25N3O6S. The second-order valence-corrected chi connectivity index (χ2v) is 8.95. The van der Waals surface area contributed by atoms with Gasteiger partial charge in [0.05, 0.1) is 42.9 Å². The van der Waals surface area contributed by atoms with Crippen LogP contribution in [0.2, 0.25) is 0 Å². The Morgan fingerprint density at radius 3 is 2.67 bits per heavy atom. The van der Waals surface area contributed by atoms with Gasteiger partial charge in [0.15, 0.2) is 18.1 Å². The fourth-order valence-corrected chi connectivity index (χ4v) is 4.61. The Labute approximate surface area is 213 Å². The van der Waals surface area contributed by atoms with E-state index in [0.29, 0.717) is 61.1 Å². The van der Waals surface area contributed by atoms with Gasteiger partial charge >= 0.3 is 0 Å². The van der Waals surface area contributed by atoms with Crippen LogP contribution in [0.5, 0.6) is 11.5 Å². The van der Waals surface area contributed by atoms with Crippen molar-refractivity contribution < 1.29 is 28.6 Å². The molecule has 0 bridgehead atoms. The molecule has 36 heavy (non-hydrogen) atoms. The van der Waals surface area contributed by atoms with Gasteiger partial charge < -0.3 is 19.1 Å². The maximum atomic E-state index is 13.0. The fraction of sp³-hybridized carbons (Fsp3) is 0.308. The molecule has 2 aliphatic heterocycles. The fourth-order valence-electron chi connectivity index (χ4n) is 3.77. The number of amides is 3. The minimum atomic E-state index is -0.424. The van der Waals surface area contributed by atoms with Crippen LogP contribution >= 0.6 is 11.8 Å². The van der Waals surface area contributed by atoms with Gasteiger partial charge in [0.1, 0.15) is 0 Å². The molecule has 0 spiro atoms. The van der Waals surface area contributed by atoms with Crippen LogP contribution in [-0.2, 0) is 20.9 Å². The summed E-state index contributed by atoms with van der Waals surface area (Å²) < 4.78 is 16.7. The highest BCUT2D eigenvalue weighted by Gasteiger charge is 2.35. The third-order valence-corrected chi connectivity index (χ3v) is 6.53. The molecule has 0 saturated carbocycles. The van der Waals surface area contributed by atoms with Gasteiger partial charge in [0.2, 0.25) is 0 Å². The quantitative estimate of drug-likeness (QED) is 0.500. The van der Waals surface area contributed by atoms with E-state index in [1.165, 1.54) is 0 Å². The number of ether oxygens (including phenoxy) is 3. The van der Waals surface area contributed by atoms with Crippen molar-refractivity contribution >= 4 is 34.9 Å². The van der Waals surface area contributed by atoms with Crippen LogP contribution in [0, 0.1) is 11.3 Å². The van der Waals surface area contributed by atoms with Crippen molar-refractivity contribution in [3.05, 3.63) is 64.1 Å². The van der Waals surface area contributed by atoms with E-state index < -0.39 is 11.1 Å². The molecule has 0 unspecified atom stereocenters. The molecule has 0 aliphatic carbocycles. The van der Waals surface area contributed by atoms with Gasteiger partial charge in [0.25, 0.3) is 17.1 Å². The molecule has 2 fully saturated rings. The monoisotopic (exact) mass is 507 g/mol. The number of hydrogen-bond donors (Lipinski definition) is 0. The average molecular weight is 508 g/mol. The smallest absolute Gasteiger partial charge is 0.293 e. The minimum Gasteiger partial charge on any atom is -0.490 e. The molecule has 10 heteroatoms. The molecule has 2 aliphatic rings. The number of benzene rings is 2. The molecule has 3 amide bonds. The van der Waals surface area contributed by atoms with Gasteiger partial charge in [-0.25, -0.2) is 0 Å². The maximum Gasteiger partial charge on any atom is 0.293 e. The lowest BCUT2D eigenvalue weighted by Gasteiger charge is -2.26. The van der Waals surface area contributed by atoms with Crippen molar-refractivity contribution in [3.8, 4) is 17.6 Å². The highest BCUT2D eigenvalue weighted by Crippen LogP contribution is 2.35. The summed E-state index contributed by atoms with van der Waals surface area (Å²) >= 11 is 0.846. The number of rotatable bonds is 8. The van der Waals surface area contributed by atoms with E-state index in [1.54, 1.807) is 53.4 Å². The van der Waals surface area contributed by atoms with Crippen LogP contribution in [0.4, 0.5) is 4.79 Å². The van der Waals surface area contributed by atoms with E-state index >= 15 is 0 Å². The lowest BCUT2D eigenvalue weighted by molar-refractivity contribution is -0.137. The van der Waals surface area contributed by atoms with Crippen LogP contribution in [0.15, 0.2) is 47.4 Å². The number of carbonyl (C=O) groups excluding carboxylic acids is 3. The van der Waals surface area contributed by atoms with E-state index in [9.17, 15) is 19.6 Å². The number of nitriles is 1. The number of thioether (sulfide) groups is 1. The first kappa shape index (κ1) is 25.3. The summed E-state index contributed by atoms with van der Waals surface area (Å²) in [6.07, 6.45) is 1.62. The van der Waals surface area contributed by atoms with Crippen LogP contribution in [-0.4, -0.2) is 66.4 Å². The third-order valence-electron chi connectivity index (χ3n) is 5.62. The van der Waals surface area contributed by atoms with Gasteiger partial charge in [0, 0.05) is 13.1 Å². The minimum absolute atomic E-state index is 0.0277. The van der Waals surface area contributed by atoms with Gasteiger partial charge in [-0.15, -0.1) is 0 Å². The SMILES string of the molecule is CCOc1cc(/C=C2\SC(=O)N(Cc3ccccc3C#N)C2=O)ccc1OCC(=O)N1CCOCC1. The first-order valence-electron chi connectivity index (χ1n) is 11.5. The van der Waals surface area contributed by atoms with Crippen molar-refractivity contribution in [3.63, 3.8) is 0 Å². The highest BCUT2D eigenvalue weighted by atomic mass is 32.2. The van der Waals surface area contributed by atoms with E-state index in [4.69, 9.17) is 14.2 Å². The standard InChI is InChI=1S/C26H25N3O6S/c1-2-34-22-13-18(7-8-21(22)35-17-24(30)28-9-11-33-12-10-28)14-23-25(31)29(26(32)36-23)16-20-6-4-3-5-19(20)15-27/h3-8,13-14H,2,9-12,16-17H2,1H3/b23-14-. The zero-order valence-corrected chi connectivity index (χ0v) is 20.6. The van der Waals surface area contributed by atoms with Crippen LogP contribution in [0.3, 0.4) is 0 Å². The van der Waals surface area contributed by atoms with Gasteiger partial charge in [-0.05, 0) is 54.1 Å². The van der Waals surface area contributed by atoms with E-state index in [-0.39, 0.29) is 24.0 Å². The van der Waals surface area contributed by atoms with E-state index in [2.05, 4.69) is 6.07 Å². The summed E-state index contributed by atoms with van der Waals surface area (Å²) in [5, 5.41) is 8.90. The topological polar surface area (TPSA) is 109 Å². The van der Waals surface area contributed by atoms with Crippen molar-refractivity contribution in [1.82, 2.24) is 9.80 Å². The van der Waals surface area contributed by atoms with E-state index in [1.807, 2.05) is 6.92 Å². The molecule has 2 heterocycles. The maximum absolute atomic E-state index is 13.0. The van der Waals surface area contributed by atoms with Crippen molar-refractivity contribution in [2.75, 3.05) is 39.5 Å². The summed E-state index contributed by atoms with van der Waals surface area (Å²) in [7, 11) is 0. The highest BCUT2D eigenvalue weighted by molar-refractivity contribution is 8.18. The van der Waals surface area contributed by atoms with Crippen LogP contribution in [0.1, 0.15) is 23.6 Å². The molecule has 2 aromatic rings. The van der Waals surface area contributed by atoms with Gasteiger partial charge in [-0.2, -0.15) is 5.26 Å². The largest absolute Gasteiger partial charge is 0.490 e. The Balaban J connectivity index is 1.47. The molecule has 186 valence electrons. The summed E-state index contributed by atoms with van der Waals surface area (Å²) in [5.74, 6) is 0.295. The predicted octanol–water partition coefficient (Wildman–Crippen LogP) is 3.43. The Morgan fingerprint density at radius 1 is 1.14 bits per heavy atom. The average Bonchev–Trinajstić information content (AvgIpc) is 3.16. The Bertz CT molecular complexity index is 1230. The summed E-state index contributed by atoms with van der Waals surface area (Å²) in [4.78, 5) is 41.0. The molecule has 2 aromatic carbocycles. The van der Waals surface area contributed by atoms with Crippen LogP contribution in [0.25, 0.3) is 6.08 Å². The number of carbonyl (C=O) groups is 3. The lowest BCUT2D eigenvalue weighted by atomic mass is 10.1. The lowest BCUT2D eigenvalue weighted by Crippen LogP contribution is -2.43. The summed E-state index contributed by atoms with van der Waals surface area (Å²) in [6, 6.07) is 14.1. The Kier molecular flexibility index (Phi) is 8.25. The Morgan fingerprint density at radius 2 is 1.92 bits per heavy atom. The molecule has 0 radical (unpaired) electrons. The van der Waals surface area contributed by atoms with Crippen molar-refractivity contribution in [2.45, 2.75) is 13.5 Å². The number of imide groups is 1. The normalized spacial score (nSPS) is 16.8. The van der Waals surface area contributed by atoms with E-state index in [0.717, 1.165) is 16.7 Å². The molecule has 9 nitrogen and oxygen atoms in total. The zero-order chi connectivity index (χ0) is 25.5. The first-order chi connectivity index (χ1) is 17.5. The Hall–Kier alpha value is -3.81. The molecule has 0 N–H and O–H groups in total. The van der Waals surface area contributed by atoms with Crippen molar-refractivity contribution in [1.29, 1.82) is 5.26 Å². The van der Waals surface area contributed by atoms with Crippen molar-refractivity contribution in [2.24, 2.45) is 0 Å². The second-order valence-electron chi connectivity index (χ2n) is 7.96. The number of nitrogens with zero attached hydrogens (tertiary/aromatic N) is 3. The predicted molar refractivity (Wildman–Crippen MR) is 133 cm³/mol. The summed E-state index contributed by atoms with van der Waals surface area (Å²) in [5.41, 5.74) is 1.67. The third kappa shape index (κ3) is 5.87. The van der Waals surface area contributed by atoms with Gasteiger partial charge in [-0.3, -0.25) is 19.3 Å².